The van der Waals surface area contributed by atoms with Crippen LogP contribution in [0.5, 0.6) is 0 Å². The highest BCUT2D eigenvalue weighted by Crippen LogP contribution is 2.26. The van der Waals surface area contributed by atoms with E-state index < -0.39 is 0 Å². The summed E-state index contributed by atoms with van der Waals surface area (Å²) in [7, 11) is 5.69. The fourth-order valence-electron chi connectivity index (χ4n) is 3.82. The van der Waals surface area contributed by atoms with Gasteiger partial charge in [-0.25, -0.2) is 0 Å². The van der Waals surface area contributed by atoms with Gasteiger partial charge >= 0.3 is 0 Å². The van der Waals surface area contributed by atoms with Crippen LogP contribution in [0.3, 0.4) is 0 Å². The predicted molar refractivity (Wildman–Crippen MR) is 132 cm³/mol. The summed E-state index contributed by atoms with van der Waals surface area (Å²) in [6.07, 6.45) is 4.13. The second-order valence-corrected chi connectivity index (χ2v) is 8.17. The van der Waals surface area contributed by atoms with Crippen molar-refractivity contribution in [1.29, 1.82) is 0 Å². The van der Waals surface area contributed by atoms with Gasteiger partial charge in [0.05, 0.1) is 5.69 Å². The second kappa shape index (κ2) is 9.83. The molecule has 4 aromatic rings. The Morgan fingerprint density at radius 1 is 1.18 bits per heavy atom. The van der Waals surface area contributed by atoms with Crippen molar-refractivity contribution in [3.8, 4) is 0 Å². The average Bonchev–Trinajstić information content (AvgIpc) is 3.27. The lowest BCUT2D eigenvalue weighted by Gasteiger charge is -2.34. The number of nitrogens with one attached hydrogen (secondary N) is 2. The van der Waals surface area contributed by atoms with Gasteiger partial charge < -0.3 is 24.9 Å². The third kappa shape index (κ3) is 4.88. The van der Waals surface area contributed by atoms with Crippen LogP contribution in [-0.4, -0.2) is 68.1 Å². The van der Waals surface area contributed by atoms with Crippen molar-refractivity contribution in [2.24, 2.45) is 0 Å². The standard InChI is InChI=1S/C14H16N4O.C10H13N3O/c1-10-8-18(7-6-15-10)12-3-2-11(9-19)13-14(12)17-5-4-16-13;1-11-7-4-5-8-9(6-7)14-10(12-8)13(2)3/h2-5,9-10,15H,6-8H2,1H3;4-6,11H,1-3H3. The maximum absolute atomic E-state index is 11.1. The Bertz CT molecular complexity index is 1250. The summed E-state index contributed by atoms with van der Waals surface area (Å²) < 4.78 is 5.55. The van der Waals surface area contributed by atoms with Gasteiger partial charge in [-0.2, -0.15) is 4.98 Å². The number of nitrogens with zero attached hydrogens (tertiary/aromatic N) is 5. The van der Waals surface area contributed by atoms with Crippen LogP contribution in [0, 0.1) is 0 Å². The summed E-state index contributed by atoms with van der Waals surface area (Å²) in [6.45, 7) is 5.00. The number of aromatic nitrogens is 3. The molecule has 9 nitrogen and oxygen atoms in total. The molecule has 0 radical (unpaired) electrons. The van der Waals surface area contributed by atoms with Crippen LogP contribution in [0.2, 0.25) is 0 Å². The molecule has 1 fully saturated rings. The number of anilines is 3. The number of carbonyl (C=O) groups is 1. The van der Waals surface area contributed by atoms with Crippen molar-refractivity contribution in [2.45, 2.75) is 13.0 Å². The lowest BCUT2D eigenvalue weighted by molar-refractivity contribution is 0.112. The molecular formula is C24H29N7O2. The molecule has 2 aromatic carbocycles. The molecule has 9 heteroatoms. The minimum Gasteiger partial charge on any atom is -0.423 e. The zero-order valence-corrected chi connectivity index (χ0v) is 19.4. The fraction of sp³-hybridized carbons (Fsp3) is 0.333. The summed E-state index contributed by atoms with van der Waals surface area (Å²) in [6, 6.07) is 10.7. The molecule has 0 amide bonds. The smallest absolute Gasteiger partial charge is 0.297 e. The molecule has 1 unspecified atom stereocenters. The Hall–Kier alpha value is -3.72. The molecule has 3 heterocycles. The zero-order valence-electron chi connectivity index (χ0n) is 19.4. The van der Waals surface area contributed by atoms with E-state index in [9.17, 15) is 4.79 Å². The van der Waals surface area contributed by atoms with Gasteiger partial charge in [-0.1, -0.05) is 0 Å². The van der Waals surface area contributed by atoms with Crippen LogP contribution in [-0.2, 0) is 0 Å². The average molecular weight is 448 g/mol. The van der Waals surface area contributed by atoms with E-state index in [2.05, 4.69) is 37.4 Å². The minimum atomic E-state index is 0.450. The lowest BCUT2D eigenvalue weighted by Crippen LogP contribution is -2.49. The summed E-state index contributed by atoms with van der Waals surface area (Å²) in [5.41, 5.74) is 5.85. The number of carbonyl (C=O) groups excluding carboxylic acids is 1. The van der Waals surface area contributed by atoms with Crippen LogP contribution in [0.25, 0.3) is 22.1 Å². The molecule has 0 saturated carbocycles. The Morgan fingerprint density at radius 2 is 1.97 bits per heavy atom. The van der Waals surface area contributed by atoms with Crippen LogP contribution in [0.15, 0.2) is 47.1 Å². The molecule has 2 N–H and O–H groups in total. The lowest BCUT2D eigenvalue weighted by atomic mass is 10.1. The van der Waals surface area contributed by atoms with Gasteiger partial charge in [0.15, 0.2) is 11.9 Å². The molecule has 1 aliphatic rings. The summed E-state index contributed by atoms with van der Waals surface area (Å²) in [5.74, 6) is 0. The molecule has 1 aliphatic heterocycles. The molecule has 0 bridgehead atoms. The summed E-state index contributed by atoms with van der Waals surface area (Å²) >= 11 is 0. The molecule has 5 rings (SSSR count). The Kier molecular flexibility index (Phi) is 6.69. The number of benzene rings is 2. The number of piperazine rings is 1. The maximum atomic E-state index is 11.1. The van der Waals surface area contributed by atoms with Gasteiger partial charge in [0.1, 0.15) is 16.6 Å². The van der Waals surface area contributed by atoms with Gasteiger partial charge in [-0.05, 0) is 31.2 Å². The van der Waals surface area contributed by atoms with Crippen molar-refractivity contribution < 1.29 is 9.21 Å². The predicted octanol–water partition coefficient (Wildman–Crippen LogP) is 3.18. The van der Waals surface area contributed by atoms with Crippen molar-refractivity contribution in [1.82, 2.24) is 20.3 Å². The molecule has 172 valence electrons. The van der Waals surface area contributed by atoms with E-state index in [4.69, 9.17) is 4.42 Å². The van der Waals surface area contributed by atoms with Crippen molar-refractivity contribution >= 4 is 45.8 Å². The highest BCUT2D eigenvalue weighted by molar-refractivity contribution is 5.99. The van der Waals surface area contributed by atoms with Crippen molar-refractivity contribution in [3.05, 3.63) is 48.3 Å². The van der Waals surface area contributed by atoms with E-state index in [-0.39, 0.29) is 0 Å². The van der Waals surface area contributed by atoms with E-state index in [1.54, 1.807) is 12.4 Å². The monoisotopic (exact) mass is 447 g/mol. The Balaban J connectivity index is 0.000000165. The quantitative estimate of drug-likeness (QED) is 0.457. The number of oxazole rings is 1. The normalized spacial score (nSPS) is 15.8. The first-order chi connectivity index (χ1) is 16.0. The van der Waals surface area contributed by atoms with E-state index in [0.29, 0.717) is 23.1 Å². The Morgan fingerprint density at radius 3 is 2.67 bits per heavy atom. The molecule has 0 spiro atoms. The van der Waals surface area contributed by atoms with Crippen molar-refractivity contribution in [2.75, 3.05) is 55.9 Å². The number of rotatable bonds is 4. The van der Waals surface area contributed by atoms with Gasteiger partial charge in [-0.15, -0.1) is 0 Å². The van der Waals surface area contributed by atoms with E-state index >= 15 is 0 Å². The molecule has 1 saturated heterocycles. The highest BCUT2D eigenvalue weighted by atomic mass is 16.4. The SMILES string of the molecule is CC1CN(c2ccc(C=O)c3nccnc23)CCN1.CNc1ccc2nc(N(C)C)oc2c1. The molecule has 2 aromatic heterocycles. The van der Waals surface area contributed by atoms with Gasteiger partial charge in [0, 0.05) is 76.5 Å². The fourth-order valence-corrected chi connectivity index (χ4v) is 3.82. The highest BCUT2D eigenvalue weighted by Gasteiger charge is 2.19. The van der Waals surface area contributed by atoms with Crippen LogP contribution < -0.4 is 20.4 Å². The first-order valence-corrected chi connectivity index (χ1v) is 10.9. The van der Waals surface area contributed by atoms with Crippen LogP contribution in [0.1, 0.15) is 17.3 Å². The third-order valence-corrected chi connectivity index (χ3v) is 5.52. The zero-order chi connectivity index (χ0) is 23.4. The molecular weight excluding hydrogens is 418 g/mol. The first kappa shape index (κ1) is 22.5. The molecule has 33 heavy (non-hydrogen) atoms. The number of fused-ring (bicyclic) bond motifs is 2. The first-order valence-electron chi connectivity index (χ1n) is 10.9. The van der Waals surface area contributed by atoms with Gasteiger partial charge in [0.2, 0.25) is 0 Å². The molecule has 1 atom stereocenters. The number of hydrogen-bond donors (Lipinski definition) is 2. The molecule has 0 aliphatic carbocycles. The van der Waals surface area contributed by atoms with Gasteiger partial charge in [-0.3, -0.25) is 14.8 Å². The Labute approximate surface area is 192 Å². The van der Waals surface area contributed by atoms with Crippen molar-refractivity contribution in [3.63, 3.8) is 0 Å². The van der Waals surface area contributed by atoms with E-state index in [0.717, 1.165) is 53.9 Å². The van der Waals surface area contributed by atoms with Gasteiger partial charge in [0.25, 0.3) is 6.01 Å². The van der Waals surface area contributed by atoms with Crippen LogP contribution in [0.4, 0.5) is 17.4 Å². The summed E-state index contributed by atoms with van der Waals surface area (Å²) in [4.78, 5) is 28.2. The maximum Gasteiger partial charge on any atom is 0.297 e. The van der Waals surface area contributed by atoms with E-state index in [1.807, 2.05) is 56.4 Å². The minimum absolute atomic E-state index is 0.450. The van der Waals surface area contributed by atoms with E-state index in [1.165, 1.54) is 0 Å². The number of hydrogen-bond acceptors (Lipinski definition) is 9. The second-order valence-electron chi connectivity index (χ2n) is 8.17. The summed E-state index contributed by atoms with van der Waals surface area (Å²) in [5, 5.41) is 6.47. The number of aldehydes is 1. The third-order valence-electron chi connectivity index (χ3n) is 5.52. The topological polar surface area (TPSA) is 99.4 Å². The largest absolute Gasteiger partial charge is 0.423 e. The van der Waals surface area contributed by atoms with Crippen LogP contribution >= 0.6 is 0 Å².